The molecule has 0 aliphatic heterocycles. The smallest absolute Gasteiger partial charge is 0.258 e. The van der Waals surface area contributed by atoms with Crippen LogP contribution in [-0.4, -0.2) is 40.9 Å². The third-order valence-corrected chi connectivity index (χ3v) is 5.82. The van der Waals surface area contributed by atoms with Crippen LogP contribution in [0.15, 0.2) is 24.3 Å². The molecule has 1 aliphatic rings. The highest BCUT2D eigenvalue weighted by atomic mass is 32.2. The molecule has 3 atom stereocenters. The minimum Gasteiger partial charge on any atom is -0.493 e. The molecule has 23 heavy (non-hydrogen) atoms. The fraction of sp³-hybridized carbons (Fsp3) is 0.588. The molecule has 5 nitrogen and oxygen atoms in total. The van der Waals surface area contributed by atoms with Crippen molar-refractivity contribution < 1.29 is 18.5 Å². The molecule has 1 amide bonds. The van der Waals surface area contributed by atoms with Gasteiger partial charge in [0.05, 0.1) is 7.11 Å². The lowest BCUT2D eigenvalue weighted by Gasteiger charge is -2.29. The summed E-state index contributed by atoms with van der Waals surface area (Å²) in [6, 6.07) is 7.34. The molecule has 0 saturated heterocycles. The van der Waals surface area contributed by atoms with Gasteiger partial charge in [0.15, 0.2) is 18.1 Å². The lowest BCUT2D eigenvalue weighted by molar-refractivity contribution is -0.124. The molecule has 1 N–H and O–H groups in total. The molecule has 1 aliphatic carbocycles. The van der Waals surface area contributed by atoms with E-state index in [1.165, 1.54) is 0 Å². The van der Waals surface area contributed by atoms with Crippen molar-refractivity contribution in [1.82, 2.24) is 5.32 Å². The van der Waals surface area contributed by atoms with Gasteiger partial charge >= 0.3 is 0 Å². The van der Waals surface area contributed by atoms with Crippen molar-refractivity contribution in [2.24, 2.45) is 0 Å². The summed E-state index contributed by atoms with van der Waals surface area (Å²) in [6.07, 6.45) is 3.73. The van der Waals surface area contributed by atoms with Gasteiger partial charge in [0.1, 0.15) is 0 Å². The highest BCUT2D eigenvalue weighted by Gasteiger charge is 2.26. The lowest BCUT2D eigenvalue weighted by atomic mass is 9.95. The number of carbonyl (C=O) groups is 1. The Morgan fingerprint density at radius 2 is 2.04 bits per heavy atom. The molecule has 1 aromatic rings. The summed E-state index contributed by atoms with van der Waals surface area (Å²) < 4.78 is 22.7. The van der Waals surface area contributed by atoms with Crippen molar-refractivity contribution in [3.05, 3.63) is 24.3 Å². The van der Waals surface area contributed by atoms with E-state index >= 15 is 0 Å². The van der Waals surface area contributed by atoms with Gasteiger partial charge in [-0.15, -0.1) is 0 Å². The number of hydrogen-bond acceptors (Lipinski definition) is 4. The van der Waals surface area contributed by atoms with Crippen molar-refractivity contribution in [2.75, 3.05) is 19.5 Å². The topological polar surface area (TPSA) is 64.6 Å². The average Bonchev–Trinajstić information content (AvgIpc) is 2.59. The summed E-state index contributed by atoms with van der Waals surface area (Å²) in [7, 11) is 0.782. The van der Waals surface area contributed by atoms with Crippen molar-refractivity contribution >= 4 is 16.7 Å². The van der Waals surface area contributed by atoms with Crippen molar-refractivity contribution in [1.29, 1.82) is 0 Å². The van der Waals surface area contributed by atoms with E-state index in [1.54, 1.807) is 19.2 Å². The highest BCUT2D eigenvalue weighted by molar-refractivity contribution is 7.85. The summed E-state index contributed by atoms with van der Waals surface area (Å²) in [5.74, 6) is 1.70. The van der Waals surface area contributed by atoms with E-state index in [0.29, 0.717) is 17.3 Å². The molecule has 0 unspecified atom stereocenters. The molecule has 0 bridgehead atoms. The van der Waals surface area contributed by atoms with E-state index in [-0.39, 0.29) is 23.8 Å². The standard InChI is InChI=1S/C17H25NO4S/c1-3-23(20)14-8-6-7-13(11-14)18-17(19)12-22-16-10-5-4-9-15(16)21-2/h4-5,9-10,13-14H,3,6-8,11-12H2,1-2H3,(H,18,19)/t13-,14+,23+/m1/s1. The molecule has 1 fully saturated rings. The molecule has 0 spiro atoms. The number of carbonyl (C=O) groups excluding carboxylic acids is 1. The Kier molecular flexibility index (Phi) is 6.89. The maximum Gasteiger partial charge on any atom is 0.258 e. The number of rotatable bonds is 7. The van der Waals surface area contributed by atoms with Gasteiger partial charge in [-0.3, -0.25) is 9.00 Å². The van der Waals surface area contributed by atoms with Gasteiger partial charge in [0, 0.05) is 27.8 Å². The first-order chi connectivity index (χ1) is 11.1. The third kappa shape index (κ3) is 5.23. The molecular weight excluding hydrogens is 314 g/mol. The van der Waals surface area contributed by atoms with Gasteiger partial charge in [-0.05, 0) is 31.4 Å². The van der Waals surface area contributed by atoms with Crippen LogP contribution in [0.1, 0.15) is 32.6 Å². The van der Waals surface area contributed by atoms with Crippen LogP contribution in [0.3, 0.4) is 0 Å². The van der Waals surface area contributed by atoms with Crippen molar-refractivity contribution in [2.45, 2.75) is 43.9 Å². The summed E-state index contributed by atoms with van der Waals surface area (Å²) in [4.78, 5) is 12.1. The van der Waals surface area contributed by atoms with Crippen LogP contribution in [-0.2, 0) is 15.6 Å². The predicted octanol–water partition coefficient (Wildman–Crippen LogP) is 2.27. The molecule has 1 saturated carbocycles. The van der Waals surface area contributed by atoms with Gasteiger partial charge in [-0.1, -0.05) is 25.5 Å². The summed E-state index contributed by atoms with van der Waals surface area (Å²) >= 11 is 0. The predicted molar refractivity (Wildman–Crippen MR) is 91.4 cm³/mol. The van der Waals surface area contributed by atoms with Crippen molar-refractivity contribution in [3.8, 4) is 11.5 Å². The molecular formula is C17H25NO4S. The quantitative estimate of drug-likeness (QED) is 0.828. The first kappa shape index (κ1) is 17.8. The van der Waals surface area contributed by atoms with Crippen LogP contribution in [0.25, 0.3) is 0 Å². The molecule has 0 radical (unpaired) electrons. The van der Waals surface area contributed by atoms with Crippen LogP contribution >= 0.6 is 0 Å². The minimum atomic E-state index is -0.786. The second-order valence-corrected chi connectivity index (χ2v) is 7.67. The fourth-order valence-electron chi connectivity index (χ4n) is 2.90. The molecule has 2 rings (SSSR count). The molecule has 128 valence electrons. The monoisotopic (exact) mass is 339 g/mol. The Bertz CT molecular complexity index is 549. The number of amides is 1. The second-order valence-electron chi connectivity index (χ2n) is 5.66. The Morgan fingerprint density at radius 3 is 2.74 bits per heavy atom. The molecule has 6 heteroatoms. The van der Waals surface area contributed by atoms with Gasteiger partial charge in [-0.25, -0.2) is 0 Å². The zero-order valence-corrected chi connectivity index (χ0v) is 14.6. The number of ether oxygens (including phenoxy) is 2. The minimum absolute atomic E-state index is 0.0432. The van der Waals surface area contributed by atoms with E-state index < -0.39 is 10.8 Å². The number of hydrogen-bond donors (Lipinski definition) is 1. The first-order valence-corrected chi connectivity index (χ1v) is 9.44. The Balaban J connectivity index is 1.81. The van der Waals surface area contributed by atoms with Gasteiger partial charge in [-0.2, -0.15) is 0 Å². The average molecular weight is 339 g/mol. The normalized spacial score (nSPS) is 22.2. The Morgan fingerprint density at radius 1 is 1.30 bits per heavy atom. The van der Waals surface area contributed by atoms with E-state index in [9.17, 15) is 9.00 Å². The van der Waals surface area contributed by atoms with Gasteiger partial charge in [0.2, 0.25) is 0 Å². The molecule has 0 heterocycles. The summed E-state index contributed by atoms with van der Waals surface area (Å²) in [5, 5.41) is 3.20. The van der Waals surface area contributed by atoms with Gasteiger partial charge in [0.25, 0.3) is 5.91 Å². The lowest BCUT2D eigenvalue weighted by Crippen LogP contribution is -2.42. The Hall–Kier alpha value is -1.56. The SMILES string of the molecule is CC[S@](=O)[C@H]1CCC[C@@H](NC(=O)COc2ccccc2OC)C1. The Labute approximate surface area is 140 Å². The maximum atomic E-state index is 12.1. The van der Waals surface area contributed by atoms with Crippen molar-refractivity contribution in [3.63, 3.8) is 0 Å². The van der Waals surface area contributed by atoms with Crippen LogP contribution in [0.4, 0.5) is 0 Å². The van der Waals surface area contributed by atoms with Crippen LogP contribution in [0.5, 0.6) is 11.5 Å². The van der Waals surface area contributed by atoms with Gasteiger partial charge < -0.3 is 14.8 Å². The summed E-state index contributed by atoms with van der Waals surface area (Å²) in [5.41, 5.74) is 0. The fourth-order valence-corrected chi connectivity index (χ4v) is 4.25. The van der Waals surface area contributed by atoms with Crippen LogP contribution in [0, 0.1) is 0 Å². The van der Waals surface area contributed by atoms with E-state index in [4.69, 9.17) is 9.47 Å². The number of benzene rings is 1. The molecule has 1 aromatic carbocycles. The largest absolute Gasteiger partial charge is 0.493 e. The number of nitrogens with one attached hydrogen (secondary N) is 1. The summed E-state index contributed by atoms with van der Waals surface area (Å²) in [6.45, 7) is 1.90. The van der Waals surface area contributed by atoms with E-state index in [0.717, 1.165) is 25.7 Å². The number of methoxy groups -OCH3 is 1. The molecule has 0 aromatic heterocycles. The van der Waals surface area contributed by atoms with E-state index in [2.05, 4.69) is 5.32 Å². The van der Waals surface area contributed by atoms with Crippen LogP contribution in [0.2, 0.25) is 0 Å². The van der Waals surface area contributed by atoms with Crippen LogP contribution < -0.4 is 14.8 Å². The maximum absolute atomic E-state index is 12.1. The second kappa shape index (κ2) is 8.91. The highest BCUT2D eigenvalue weighted by Crippen LogP contribution is 2.26. The van der Waals surface area contributed by atoms with E-state index in [1.807, 2.05) is 19.1 Å². The number of para-hydroxylation sites is 2. The zero-order valence-electron chi connectivity index (χ0n) is 13.7. The zero-order chi connectivity index (χ0) is 16.7. The third-order valence-electron chi connectivity index (χ3n) is 4.08. The first-order valence-electron chi connectivity index (χ1n) is 8.06.